The van der Waals surface area contributed by atoms with Crippen LogP contribution in [-0.2, 0) is 4.74 Å². The van der Waals surface area contributed by atoms with E-state index >= 15 is 0 Å². The van der Waals surface area contributed by atoms with E-state index in [0.29, 0.717) is 5.69 Å². The lowest BCUT2D eigenvalue weighted by Gasteiger charge is -2.19. The summed E-state index contributed by atoms with van der Waals surface area (Å²) in [7, 11) is 0. The van der Waals surface area contributed by atoms with Crippen LogP contribution < -0.4 is 5.32 Å². The van der Waals surface area contributed by atoms with E-state index in [-0.39, 0.29) is 11.2 Å². The highest BCUT2D eigenvalue weighted by molar-refractivity contribution is 5.89. The molecule has 8 heteroatoms. The van der Waals surface area contributed by atoms with Gasteiger partial charge < -0.3 is 4.74 Å². The second-order valence-corrected chi connectivity index (χ2v) is 5.14. The van der Waals surface area contributed by atoms with Gasteiger partial charge in [0.2, 0.25) is 0 Å². The number of nitrogens with one attached hydrogen (secondary N) is 1. The van der Waals surface area contributed by atoms with Gasteiger partial charge >= 0.3 is 6.09 Å². The summed E-state index contributed by atoms with van der Waals surface area (Å²) >= 11 is 0. The minimum Gasteiger partial charge on any atom is -0.444 e. The van der Waals surface area contributed by atoms with Crippen LogP contribution in [0.3, 0.4) is 0 Å². The number of nitrogens with zero attached hydrogens (tertiary/aromatic N) is 3. The van der Waals surface area contributed by atoms with Gasteiger partial charge in [-0.25, -0.2) is 23.1 Å². The van der Waals surface area contributed by atoms with Gasteiger partial charge in [-0.3, -0.25) is 5.32 Å². The Balaban J connectivity index is 2.22. The van der Waals surface area contributed by atoms with Gasteiger partial charge in [-0.15, -0.1) is 0 Å². The largest absolute Gasteiger partial charge is 0.444 e. The van der Waals surface area contributed by atoms with Crippen molar-refractivity contribution in [2.45, 2.75) is 32.8 Å². The van der Waals surface area contributed by atoms with Gasteiger partial charge in [0.1, 0.15) is 11.3 Å². The standard InChI is InChI=1S/C12H14F2N4O2/c1-12(2,3)20-11(19)17-8-5-16-18-6-7(9(13)14)4-15-10(8)18/h4-6,9H,1-3H3,(H,17,19). The first-order valence-electron chi connectivity index (χ1n) is 5.88. The first-order chi connectivity index (χ1) is 9.26. The normalized spacial score (nSPS) is 11.9. The Bertz CT molecular complexity index is 634. The highest BCUT2D eigenvalue weighted by Crippen LogP contribution is 2.21. The second-order valence-electron chi connectivity index (χ2n) is 5.14. The third-order valence-corrected chi connectivity index (χ3v) is 2.26. The molecular formula is C12H14F2N4O2. The highest BCUT2D eigenvalue weighted by atomic mass is 19.3. The summed E-state index contributed by atoms with van der Waals surface area (Å²) in [6.07, 6.45) is 0.238. The Labute approximate surface area is 113 Å². The molecule has 2 aromatic rings. The number of fused-ring (bicyclic) bond motifs is 1. The van der Waals surface area contributed by atoms with E-state index in [1.54, 1.807) is 20.8 Å². The summed E-state index contributed by atoms with van der Waals surface area (Å²) in [6, 6.07) is 0. The lowest BCUT2D eigenvalue weighted by Crippen LogP contribution is -2.27. The molecule has 0 fully saturated rings. The highest BCUT2D eigenvalue weighted by Gasteiger charge is 2.18. The van der Waals surface area contributed by atoms with Crippen molar-refractivity contribution in [3.8, 4) is 0 Å². The quantitative estimate of drug-likeness (QED) is 0.920. The molecule has 2 rings (SSSR count). The van der Waals surface area contributed by atoms with Crippen molar-refractivity contribution in [1.82, 2.24) is 14.6 Å². The van der Waals surface area contributed by atoms with E-state index in [0.717, 1.165) is 12.4 Å². The fraction of sp³-hybridized carbons (Fsp3) is 0.417. The number of halogens is 2. The van der Waals surface area contributed by atoms with Crippen LogP contribution in [0.2, 0.25) is 0 Å². The van der Waals surface area contributed by atoms with Crippen LogP contribution in [-0.4, -0.2) is 26.3 Å². The molecule has 0 aromatic carbocycles. The van der Waals surface area contributed by atoms with E-state index in [1.165, 1.54) is 10.7 Å². The minimum atomic E-state index is -2.63. The summed E-state index contributed by atoms with van der Waals surface area (Å²) in [5.74, 6) is 0. The molecule has 0 saturated carbocycles. The summed E-state index contributed by atoms with van der Waals surface area (Å²) in [4.78, 5) is 15.5. The van der Waals surface area contributed by atoms with Crippen molar-refractivity contribution in [1.29, 1.82) is 0 Å². The molecule has 6 nitrogen and oxygen atoms in total. The maximum absolute atomic E-state index is 12.5. The molecule has 0 atom stereocenters. The fourth-order valence-corrected chi connectivity index (χ4v) is 1.50. The number of hydrogen-bond donors (Lipinski definition) is 1. The molecular weight excluding hydrogens is 270 g/mol. The topological polar surface area (TPSA) is 68.5 Å². The molecule has 20 heavy (non-hydrogen) atoms. The molecule has 0 spiro atoms. The monoisotopic (exact) mass is 284 g/mol. The SMILES string of the molecule is CC(C)(C)OC(=O)Nc1cnn2cc(C(F)F)cnc12. The van der Waals surface area contributed by atoms with Crippen LogP contribution in [0.5, 0.6) is 0 Å². The van der Waals surface area contributed by atoms with Crippen molar-refractivity contribution in [3.05, 3.63) is 24.2 Å². The smallest absolute Gasteiger partial charge is 0.412 e. The van der Waals surface area contributed by atoms with Gasteiger partial charge in [0.25, 0.3) is 6.43 Å². The van der Waals surface area contributed by atoms with Crippen molar-refractivity contribution in [2.24, 2.45) is 0 Å². The number of alkyl halides is 2. The van der Waals surface area contributed by atoms with E-state index in [1.807, 2.05) is 0 Å². The molecule has 0 aliphatic rings. The average Bonchev–Trinajstić information content (AvgIpc) is 2.69. The fourth-order valence-electron chi connectivity index (χ4n) is 1.50. The molecule has 108 valence electrons. The van der Waals surface area contributed by atoms with E-state index in [4.69, 9.17) is 4.74 Å². The number of aromatic nitrogens is 3. The number of rotatable bonds is 2. The first-order valence-corrected chi connectivity index (χ1v) is 5.88. The predicted molar refractivity (Wildman–Crippen MR) is 67.8 cm³/mol. The molecule has 0 aliphatic heterocycles. The molecule has 2 heterocycles. The predicted octanol–water partition coefficient (Wildman–Crippen LogP) is 3.01. The third-order valence-electron chi connectivity index (χ3n) is 2.26. The zero-order chi connectivity index (χ0) is 14.9. The minimum absolute atomic E-state index is 0.246. The molecule has 0 radical (unpaired) electrons. The van der Waals surface area contributed by atoms with Crippen molar-refractivity contribution in [2.75, 3.05) is 5.32 Å². The summed E-state index contributed by atoms with van der Waals surface area (Å²) in [6.45, 7) is 5.20. The van der Waals surface area contributed by atoms with Gasteiger partial charge in [-0.1, -0.05) is 0 Å². The molecule has 0 unspecified atom stereocenters. The Morgan fingerprint density at radius 3 is 2.70 bits per heavy atom. The van der Waals surface area contributed by atoms with Gasteiger partial charge in [0.05, 0.1) is 11.8 Å². The Hall–Kier alpha value is -2.25. The Kier molecular flexibility index (Phi) is 3.56. The van der Waals surface area contributed by atoms with Crippen LogP contribution in [0.25, 0.3) is 5.65 Å². The molecule has 2 aromatic heterocycles. The number of ether oxygens (including phenoxy) is 1. The number of carbonyl (C=O) groups is 1. The van der Waals surface area contributed by atoms with Gasteiger partial charge in [-0.2, -0.15) is 5.10 Å². The van der Waals surface area contributed by atoms with Crippen LogP contribution in [0.4, 0.5) is 19.3 Å². The van der Waals surface area contributed by atoms with E-state index in [9.17, 15) is 13.6 Å². The third kappa shape index (κ3) is 3.19. The van der Waals surface area contributed by atoms with Crippen molar-refractivity contribution < 1.29 is 18.3 Å². The Morgan fingerprint density at radius 2 is 2.10 bits per heavy atom. The molecule has 0 aliphatic carbocycles. The molecule has 1 amide bonds. The summed E-state index contributed by atoms with van der Waals surface area (Å²) in [5, 5.41) is 6.34. The van der Waals surface area contributed by atoms with E-state index < -0.39 is 18.1 Å². The van der Waals surface area contributed by atoms with Crippen LogP contribution in [0.15, 0.2) is 18.6 Å². The number of carbonyl (C=O) groups excluding carboxylic acids is 1. The van der Waals surface area contributed by atoms with Crippen molar-refractivity contribution in [3.63, 3.8) is 0 Å². The van der Waals surface area contributed by atoms with Gasteiger partial charge in [0.15, 0.2) is 5.65 Å². The summed E-state index contributed by atoms with van der Waals surface area (Å²) in [5.41, 5.74) is -0.326. The lowest BCUT2D eigenvalue weighted by atomic mass is 10.2. The maximum Gasteiger partial charge on any atom is 0.412 e. The number of amides is 1. The average molecular weight is 284 g/mol. The maximum atomic E-state index is 12.5. The van der Waals surface area contributed by atoms with Gasteiger partial charge in [0, 0.05) is 12.4 Å². The zero-order valence-electron chi connectivity index (χ0n) is 11.2. The van der Waals surface area contributed by atoms with Crippen LogP contribution >= 0.6 is 0 Å². The van der Waals surface area contributed by atoms with Gasteiger partial charge in [-0.05, 0) is 20.8 Å². The number of anilines is 1. The Morgan fingerprint density at radius 1 is 1.40 bits per heavy atom. The van der Waals surface area contributed by atoms with Crippen LogP contribution in [0.1, 0.15) is 32.8 Å². The second kappa shape index (κ2) is 5.03. The molecule has 0 saturated heterocycles. The van der Waals surface area contributed by atoms with E-state index in [2.05, 4.69) is 15.4 Å². The molecule has 1 N–H and O–H groups in total. The zero-order valence-corrected chi connectivity index (χ0v) is 11.2. The lowest BCUT2D eigenvalue weighted by molar-refractivity contribution is 0.0636. The summed E-state index contributed by atoms with van der Waals surface area (Å²) < 4.78 is 31.3. The number of hydrogen-bond acceptors (Lipinski definition) is 4. The van der Waals surface area contributed by atoms with Crippen molar-refractivity contribution >= 4 is 17.4 Å². The molecule has 0 bridgehead atoms. The van der Waals surface area contributed by atoms with Crippen LogP contribution in [0, 0.1) is 0 Å². The first kappa shape index (κ1) is 14.2.